The normalized spacial score (nSPS) is 15.3. The average Bonchev–Trinajstić information content (AvgIpc) is 3.47. The minimum atomic E-state index is -2.42. The zero-order valence-electron chi connectivity index (χ0n) is 26.2. The first-order valence-electron chi connectivity index (χ1n) is 14.2. The third-order valence-corrected chi connectivity index (χ3v) is 8.59. The van der Waals surface area contributed by atoms with E-state index in [0.29, 0.717) is 40.9 Å². The van der Waals surface area contributed by atoms with E-state index in [1.807, 2.05) is 53.7 Å². The van der Waals surface area contributed by atoms with Crippen LogP contribution in [0.15, 0.2) is 51.9 Å². The molecule has 0 fully saturated rings. The third-order valence-electron chi connectivity index (χ3n) is 7.35. The largest absolute Gasteiger partial charge is 0.444 e. The number of carbonyl (C=O) groups excluding carboxylic acids is 1. The van der Waals surface area contributed by atoms with E-state index in [9.17, 15) is 13.8 Å². The van der Waals surface area contributed by atoms with E-state index in [4.69, 9.17) is 27.2 Å². The molecule has 2 aromatic carbocycles. The summed E-state index contributed by atoms with van der Waals surface area (Å²) in [6.07, 6.45) is 6.44. The lowest BCUT2D eigenvalue weighted by Gasteiger charge is -2.34. The number of nitrogens with zero attached hydrogens (tertiary/aromatic N) is 6. The number of nitrogen functional groups attached to an aromatic ring is 1. The van der Waals surface area contributed by atoms with Crippen molar-refractivity contribution in [3.63, 3.8) is 0 Å². The van der Waals surface area contributed by atoms with Gasteiger partial charge in [-0.1, -0.05) is 11.6 Å². The van der Waals surface area contributed by atoms with Crippen molar-refractivity contribution in [3.8, 4) is 17.2 Å². The number of aromatic nitrogens is 4. The highest BCUT2D eigenvalue weighted by atomic mass is 35.5. The standard InChI is InChI=1S/C31H38ClN7O4S/c1-18-15-22(16-19(2)27(18)32)39-28(26-20(3)36(12-11-25(26)34-39)30(41)43-31(4,5)6)38-14-13-37(29(38)40)21-9-10-24(23(33)17-21)35-44(7,8)42/h9-10,13-17,20H,11-12,33H2,1-8H3/t20-/m0/s1. The van der Waals surface area contributed by atoms with Crippen LogP contribution >= 0.6 is 11.6 Å². The number of anilines is 1. The van der Waals surface area contributed by atoms with Crippen molar-refractivity contribution in [3.05, 3.63) is 80.6 Å². The minimum Gasteiger partial charge on any atom is -0.444 e. The topological polar surface area (TPSA) is 130 Å². The maximum absolute atomic E-state index is 14.1. The first-order chi connectivity index (χ1) is 20.4. The summed E-state index contributed by atoms with van der Waals surface area (Å²) in [5, 5.41) is 5.64. The van der Waals surface area contributed by atoms with Crippen molar-refractivity contribution in [2.45, 2.75) is 59.6 Å². The van der Waals surface area contributed by atoms with Gasteiger partial charge in [0.2, 0.25) is 0 Å². The molecular weight excluding hydrogens is 602 g/mol. The van der Waals surface area contributed by atoms with Crippen LogP contribution in [0.2, 0.25) is 5.02 Å². The molecule has 0 aliphatic carbocycles. The summed E-state index contributed by atoms with van der Waals surface area (Å²) in [6.45, 7) is 11.7. The van der Waals surface area contributed by atoms with Crippen molar-refractivity contribution < 1.29 is 13.7 Å². The summed E-state index contributed by atoms with van der Waals surface area (Å²) in [7, 11) is -2.42. The Labute approximate surface area is 262 Å². The van der Waals surface area contributed by atoms with Gasteiger partial charge in [0, 0.05) is 58.2 Å². The van der Waals surface area contributed by atoms with Crippen LogP contribution in [0.1, 0.15) is 56.1 Å². The van der Waals surface area contributed by atoms with E-state index in [-0.39, 0.29) is 5.69 Å². The number of fused-ring (bicyclic) bond motifs is 1. The smallest absolute Gasteiger partial charge is 0.410 e. The number of rotatable bonds is 4. The molecule has 0 unspecified atom stereocenters. The van der Waals surface area contributed by atoms with Crippen molar-refractivity contribution >= 4 is 38.8 Å². The highest BCUT2D eigenvalue weighted by Gasteiger charge is 2.37. The van der Waals surface area contributed by atoms with Gasteiger partial charge in [0.15, 0.2) is 0 Å². The zero-order valence-corrected chi connectivity index (χ0v) is 27.8. The second-order valence-electron chi connectivity index (χ2n) is 12.4. The Hall–Kier alpha value is -4.03. The second-order valence-corrected chi connectivity index (χ2v) is 15.3. The molecule has 3 heterocycles. The highest BCUT2D eigenvalue weighted by Crippen LogP contribution is 2.37. The maximum atomic E-state index is 14.1. The van der Waals surface area contributed by atoms with Gasteiger partial charge < -0.3 is 15.4 Å². The quantitative estimate of drug-likeness (QED) is 0.278. The molecule has 1 atom stereocenters. The number of benzene rings is 2. The number of aryl methyl sites for hydroxylation is 2. The first-order valence-corrected chi connectivity index (χ1v) is 16.9. The molecule has 13 heteroatoms. The maximum Gasteiger partial charge on any atom is 0.410 e. The average molecular weight is 640 g/mol. The lowest BCUT2D eigenvalue weighted by Crippen LogP contribution is -2.42. The molecule has 1 amide bonds. The molecule has 0 bridgehead atoms. The monoisotopic (exact) mass is 639 g/mol. The van der Waals surface area contributed by atoms with E-state index in [1.165, 1.54) is 21.6 Å². The highest BCUT2D eigenvalue weighted by molar-refractivity contribution is 7.92. The number of nitrogens with two attached hydrogens (primary N) is 1. The molecule has 44 heavy (non-hydrogen) atoms. The van der Waals surface area contributed by atoms with Gasteiger partial charge in [0.25, 0.3) is 0 Å². The molecule has 5 rings (SSSR count). The SMILES string of the molecule is Cc1cc(-n2nc3c(c2-n2ccn(-c4ccc(N=S(C)(C)=O)c(N)c4)c2=O)[C@H](C)N(C(=O)OC(C)(C)C)CC3)cc(C)c1Cl. The third kappa shape index (κ3) is 6.00. The van der Waals surface area contributed by atoms with Crippen LogP contribution in [0.5, 0.6) is 0 Å². The van der Waals surface area contributed by atoms with Gasteiger partial charge in [0.1, 0.15) is 11.4 Å². The molecule has 0 radical (unpaired) electrons. The lowest BCUT2D eigenvalue weighted by molar-refractivity contribution is 0.0159. The minimum absolute atomic E-state index is 0.301. The van der Waals surface area contributed by atoms with Crippen molar-refractivity contribution in [2.24, 2.45) is 4.36 Å². The molecule has 0 saturated carbocycles. The van der Waals surface area contributed by atoms with Crippen LogP contribution < -0.4 is 11.4 Å². The fourth-order valence-electron chi connectivity index (χ4n) is 5.43. The molecule has 1 aliphatic rings. The number of carbonyl (C=O) groups is 1. The zero-order chi connectivity index (χ0) is 32.3. The van der Waals surface area contributed by atoms with Crippen molar-refractivity contribution in [1.82, 2.24) is 23.8 Å². The van der Waals surface area contributed by atoms with Crippen LogP contribution in [-0.2, 0) is 20.9 Å². The van der Waals surface area contributed by atoms with Gasteiger partial charge in [-0.15, -0.1) is 0 Å². The van der Waals surface area contributed by atoms with Crippen molar-refractivity contribution in [2.75, 3.05) is 24.8 Å². The van der Waals surface area contributed by atoms with E-state index in [0.717, 1.165) is 28.1 Å². The molecule has 2 aromatic heterocycles. The van der Waals surface area contributed by atoms with Gasteiger partial charge >= 0.3 is 11.8 Å². The van der Waals surface area contributed by atoms with E-state index >= 15 is 0 Å². The fourth-order valence-corrected chi connectivity index (χ4v) is 6.18. The van der Waals surface area contributed by atoms with Gasteiger partial charge in [-0.05, 0) is 83.0 Å². The Morgan fingerprint density at radius 1 is 1.09 bits per heavy atom. The molecule has 1 aliphatic heterocycles. The summed E-state index contributed by atoms with van der Waals surface area (Å²) in [5.41, 5.74) is 10.5. The predicted octanol–water partition coefficient (Wildman–Crippen LogP) is 5.88. The first kappa shape index (κ1) is 31.4. The summed E-state index contributed by atoms with van der Waals surface area (Å²) in [6, 6.07) is 8.40. The van der Waals surface area contributed by atoms with Crippen LogP contribution in [-0.4, -0.2) is 58.8 Å². The number of halogens is 1. The fraction of sp³-hybridized carbons (Fsp3) is 0.387. The second kappa shape index (κ2) is 11.2. The van der Waals surface area contributed by atoms with Gasteiger partial charge in [0.05, 0.1) is 34.5 Å². The molecule has 11 nitrogen and oxygen atoms in total. The molecule has 0 saturated heterocycles. The molecule has 0 spiro atoms. The van der Waals surface area contributed by atoms with Gasteiger partial charge in [-0.2, -0.15) is 9.46 Å². The number of ether oxygens (including phenoxy) is 1. The van der Waals surface area contributed by atoms with Gasteiger partial charge in [-0.3, -0.25) is 9.13 Å². The number of hydrogen-bond donors (Lipinski definition) is 1. The van der Waals surface area contributed by atoms with Gasteiger partial charge in [-0.25, -0.2) is 18.5 Å². The molecule has 4 aromatic rings. The van der Waals surface area contributed by atoms with E-state index in [2.05, 4.69) is 4.36 Å². The Balaban J connectivity index is 1.69. The lowest BCUT2D eigenvalue weighted by atomic mass is 10.00. The number of amides is 1. The van der Waals surface area contributed by atoms with Crippen LogP contribution in [0, 0.1) is 13.8 Å². The van der Waals surface area contributed by atoms with E-state index < -0.39 is 27.5 Å². The van der Waals surface area contributed by atoms with E-state index in [1.54, 1.807) is 40.2 Å². The van der Waals surface area contributed by atoms with Crippen LogP contribution in [0.25, 0.3) is 17.2 Å². The number of imidazole rings is 1. The predicted molar refractivity (Wildman–Crippen MR) is 175 cm³/mol. The molecular formula is C31H38ClN7O4S. The Kier molecular flexibility index (Phi) is 7.96. The molecule has 2 N–H and O–H groups in total. The van der Waals surface area contributed by atoms with Crippen molar-refractivity contribution in [1.29, 1.82) is 0 Å². The van der Waals surface area contributed by atoms with Crippen LogP contribution in [0.4, 0.5) is 16.2 Å². The summed E-state index contributed by atoms with van der Waals surface area (Å²) < 4.78 is 26.9. The summed E-state index contributed by atoms with van der Waals surface area (Å²) >= 11 is 6.50. The van der Waals surface area contributed by atoms with Crippen LogP contribution in [0.3, 0.4) is 0 Å². The summed E-state index contributed by atoms with van der Waals surface area (Å²) in [4.78, 5) is 29.0. The Morgan fingerprint density at radius 3 is 2.32 bits per heavy atom. The Bertz CT molecular complexity index is 1940. The Morgan fingerprint density at radius 2 is 1.73 bits per heavy atom. The summed E-state index contributed by atoms with van der Waals surface area (Å²) in [5.74, 6) is 0.516. The molecule has 234 valence electrons. The number of hydrogen-bond acceptors (Lipinski definition) is 7.